The summed E-state index contributed by atoms with van der Waals surface area (Å²) in [6.07, 6.45) is 0. The Morgan fingerprint density at radius 1 is 0.339 bits per heavy atom. The number of hydrogen-bond acceptors (Lipinski definition) is 0. The van der Waals surface area contributed by atoms with E-state index in [4.69, 9.17) is 0 Å². The van der Waals surface area contributed by atoms with Gasteiger partial charge in [0.05, 0.1) is 0 Å². The molecule has 0 heteroatoms. The van der Waals surface area contributed by atoms with Gasteiger partial charge in [-0.25, -0.2) is 0 Å². The lowest BCUT2D eigenvalue weighted by atomic mass is 9.80. The fraction of sp³-hybridized carbons (Fsp3) is 0.179. The van der Waals surface area contributed by atoms with E-state index in [0.717, 1.165) is 0 Å². The first kappa shape index (κ1) is 34.5. The topological polar surface area (TPSA) is 0 Å². The zero-order valence-corrected chi connectivity index (χ0v) is 33.9. The molecule has 0 atom stereocenters. The predicted molar refractivity (Wildman–Crippen MR) is 244 cm³/mol. The van der Waals surface area contributed by atoms with Gasteiger partial charge >= 0.3 is 0 Å². The molecule has 0 heterocycles. The molecule has 0 saturated carbocycles. The van der Waals surface area contributed by atoms with E-state index in [2.05, 4.69) is 201 Å². The molecule has 0 saturated heterocycles. The van der Waals surface area contributed by atoms with Crippen LogP contribution in [0.15, 0.2) is 146 Å². The standard InChI is InChI=1S/C56H48/c1-33-25-34(2)52-50(26-33)51-32-47-43-21-19-37(35-15-11-9-12-16-35)29-45(43)49(31-48(47)44-24-23-42(54(52)53(44)51)36-17-13-10-14-18-36)46-30-40(56(6,7)8)28-38-27-39(55(3,4)5)20-22-41(38)46/h9-32H,1-8H3. The van der Waals surface area contributed by atoms with E-state index in [9.17, 15) is 0 Å². The Kier molecular flexibility index (Phi) is 7.55. The quantitative estimate of drug-likeness (QED) is 0.159. The van der Waals surface area contributed by atoms with Gasteiger partial charge in [-0.2, -0.15) is 0 Å². The minimum Gasteiger partial charge on any atom is -0.0622 e. The molecular weight excluding hydrogens is 673 g/mol. The van der Waals surface area contributed by atoms with Crippen molar-refractivity contribution in [3.05, 3.63) is 168 Å². The van der Waals surface area contributed by atoms with Crippen molar-refractivity contribution in [2.24, 2.45) is 0 Å². The first-order chi connectivity index (χ1) is 26.8. The van der Waals surface area contributed by atoms with Crippen molar-refractivity contribution in [3.8, 4) is 55.6 Å². The van der Waals surface area contributed by atoms with Gasteiger partial charge in [0.1, 0.15) is 0 Å². The third-order valence-corrected chi connectivity index (χ3v) is 12.4. The van der Waals surface area contributed by atoms with Gasteiger partial charge in [0.15, 0.2) is 0 Å². The van der Waals surface area contributed by atoms with Crippen LogP contribution < -0.4 is 0 Å². The summed E-state index contributed by atoms with van der Waals surface area (Å²) >= 11 is 0. The average Bonchev–Trinajstić information content (AvgIpc) is 3.51. The number of aryl methyl sites for hydroxylation is 2. The first-order valence-corrected chi connectivity index (χ1v) is 20.2. The molecule has 1 aliphatic carbocycles. The Labute approximate surface area is 331 Å². The molecule has 0 nitrogen and oxygen atoms in total. The summed E-state index contributed by atoms with van der Waals surface area (Å²) in [6, 6.07) is 55.7. The smallest absolute Gasteiger partial charge is 0.00114 e. The molecule has 56 heavy (non-hydrogen) atoms. The Bertz CT molecular complexity index is 3070. The van der Waals surface area contributed by atoms with Gasteiger partial charge in [-0.3, -0.25) is 0 Å². The van der Waals surface area contributed by atoms with E-state index in [1.54, 1.807) is 0 Å². The van der Waals surface area contributed by atoms with Crippen LogP contribution in [0.2, 0.25) is 0 Å². The highest BCUT2D eigenvalue weighted by atomic mass is 14.3. The highest BCUT2D eigenvalue weighted by molar-refractivity contribution is 6.31. The van der Waals surface area contributed by atoms with Gasteiger partial charge < -0.3 is 0 Å². The molecule has 1 aliphatic rings. The largest absolute Gasteiger partial charge is 0.0622 e. The number of hydrogen-bond donors (Lipinski definition) is 0. The van der Waals surface area contributed by atoms with Crippen LogP contribution in [0, 0.1) is 13.8 Å². The van der Waals surface area contributed by atoms with Crippen molar-refractivity contribution in [1.82, 2.24) is 0 Å². The van der Waals surface area contributed by atoms with Crippen LogP contribution in [0.4, 0.5) is 0 Å². The summed E-state index contributed by atoms with van der Waals surface area (Å²) in [5, 5.41) is 10.5. The maximum Gasteiger partial charge on any atom is -0.00114 e. The SMILES string of the molecule is Cc1cc(C)c2c(c1)-c1cc3c4ccc(-c5ccccc5)cc4c(-c4cc(C(C)(C)C)cc5cc(C(C)(C)C)ccc45)cc3c3ccc(-c4ccccc4)c-2c13. The second-order valence-electron chi connectivity index (χ2n) is 18.3. The molecule has 0 unspecified atom stereocenters. The third-order valence-electron chi connectivity index (χ3n) is 12.4. The van der Waals surface area contributed by atoms with Crippen molar-refractivity contribution in [2.75, 3.05) is 0 Å². The summed E-state index contributed by atoms with van der Waals surface area (Å²) in [5.41, 5.74) is 18.5. The summed E-state index contributed by atoms with van der Waals surface area (Å²) < 4.78 is 0. The van der Waals surface area contributed by atoms with Crippen molar-refractivity contribution < 1.29 is 0 Å². The number of fused-ring (bicyclic) bond motifs is 8. The van der Waals surface area contributed by atoms with Gasteiger partial charge in [-0.15, -0.1) is 0 Å². The lowest BCUT2D eigenvalue weighted by Crippen LogP contribution is -2.12. The summed E-state index contributed by atoms with van der Waals surface area (Å²) in [6.45, 7) is 18.5. The molecule has 0 spiro atoms. The maximum atomic E-state index is 2.54. The van der Waals surface area contributed by atoms with Crippen LogP contribution >= 0.6 is 0 Å². The highest BCUT2D eigenvalue weighted by Gasteiger charge is 2.29. The molecular formula is C56H48. The van der Waals surface area contributed by atoms with Crippen molar-refractivity contribution in [1.29, 1.82) is 0 Å². The molecule has 10 rings (SSSR count). The van der Waals surface area contributed by atoms with Gasteiger partial charge in [0.2, 0.25) is 0 Å². The van der Waals surface area contributed by atoms with Crippen molar-refractivity contribution in [3.63, 3.8) is 0 Å². The molecule has 9 aromatic rings. The second-order valence-corrected chi connectivity index (χ2v) is 18.3. The molecule has 0 fully saturated rings. The number of rotatable bonds is 3. The zero-order chi connectivity index (χ0) is 38.7. The van der Waals surface area contributed by atoms with E-state index in [-0.39, 0.29) is 10.8 Å². The van der Waals surface area contributed by atoms with Crippen LogP contribution in [-0.2, 0) is 10.8 Å². The molecule has 0 N–H and O–H groups in total. The Hall–Kier alpha value is -5.98. The van der Waals surface area contributed by atoms with E-state index in [1.807, 2.05) is 0 Å². The van der Waals surface area contributed by atoms with Crippen LogP contribution in [0.25, 0.3) is 98.7 Å². The first-order valence-electron chi connectivity index (χ1n) is 20.2. The molecule has 9 aromatic carbocycles. The second kappa shape index (κ2) is 12.3. The van der Waals surface area contributed by atoms with Gasteiger partial charge in [0, 0.05) is 0 Å². The van der Waals surface area contributed by atoms with Crippen LogP contribution in [0.1, 0.15) is 63.8 Å². The summed E-state index contributed by atoms with van der Waals surface area (Å²) in [7, 11) is 0. The molecule has 272 valence electrons. The van der Waals surface area contributed by atoms with Crippen LogP contribution in [0.5, 0.6) is 0 Å². The maximum absolute atomic E-state index is 2.54. The zero-order valence-electron chi connectivity index (χ0n) is 33.9. The average molecular weight is 721 g/mol. The lowest BCUT2D eigenvalue weighted by molar-refractivity contribution is 0.589. The van der Waals surface area contributed by atoms with E-state index in [0.29, 0.717) is 0 Å². The molecule has 0 aromatic heterocycles. The molecule has 0 aliphatic heterocycles. The Morgan fingerprint density at radius 2 is 0.946 bits per heavy atom. The summed E-state index contributed by atoms with van der Waals surface area (Å²) in [5.74, 6) is 0. The van der Waals surface area contributed by atoms with Gasteiger partial charge in [-0.05, 0) is 164 Å². The molecule has 0 radical (unpaired) electrons. The predicted octanol–water partition coefficient (Wildman–Crippen LogP) is 16.2. The van der Waals surface area contributed by atoms with Crippen molar-refractivity contribution in [2.45, 2.75) is 66.2 Å². The third kappa shape index (κ3) is 5.34. The minimum atomic E-state index is -0.0205. The highest BCUT2D eigenvalue weighted by Crippen LogP contribution is 2.55. The van der Waals surface area contributed by atoms with Gasteiger partial charge in [-0.1, -0.05) is 168 Å². The van der Waals surface area contributed by atoms with Gasteiger partial charge in [0.25, 0.3) is 0 Å². The normalized spacial score (nSPS) is 12.6. The fourth-order valence-corrected chi connectivity index (χ4v) is 9.52. The Morgan fingerprint density at radius 3 is 1.66 bits per heavy atom. The Balaban J connectivity index is 1.38. The van der Waals surface area contributed by atoms with Crippen molar-refractivity contribution >= 4 is 43.1 Å². The van der Waals surface area contributed by atoms with E-state index < -0.39 is 0 Å². The number of benzene rings is 9. The minimum absolute atomic E-state index is 0.0205. The summed E-state index contributed by atoms with van der Waals surface area (Å²) in [4.78, 5) is 0. The van der Waals surface area contributed by atoms with Crippen LogP contribution in [0.3, 0.4) is 0 Å². The molecule has 0 bridgehead atoms. The fourth-order valence-electron chi connectivity index (χ4n) is 9.52. The van der Waals surface area contributed by atoms with E-state index >= 15 is 0 Å². The van der Waals surface area contributed by atoms with Crippen LogP contribution in [-0.4, -0.2) is 0 Å². The molecule has 0 amide bonds. The lowest BCUT2D eigenvalue weighted by Gasteiger charge is -2.24. The monoisotopic (exact) mass is 720 g/mol. The van der Waals surface area contributed by atoms with E-state index in [1.165, 1.54) is 121 Å².